The van der Waals surface area contributed by atoms with Gasteiger partial charge in [-0.15, -0.1) is 16.4 Å². The summed E-state index contributed by atoms with van der Waals surface area (Å²) in [5.74, 6) is 0.751. The van der Waals surface area contributed by atoms with E-state index < -0.39 is 0 Å². The standard InChI is InChI=1S/C14H11N5OS/c1-9-8-21-14(16-9)19-13(12(7-15)17-18-19)10-3-5-11(20-2)6-4-10/h3-6,8H,1-2H3. The largest absolute Gasteiger partial charge is 0.497 e. The summed E-state index contributed by atoms with van der Waals surface area (Å²) >= 11 is 1.46. The number of benzene rings is 1. The minimum Gasteiger partial charge on any atom is -0.497 e. The summed E-state index contributed by atoms with van der Waals surface area (Å²) < 4.78 is 6.74. The van der Waals surface area contributed by atoms with Crippen molar-refractivity contribution in [1.82, 2.24) is 20.0 Å². The molecule has 1 aromatic carbocycles. The van der Waals surface area contributed by atoms with Crippen molar-refractivity contribution in [3.8, 4) is 28.2 Å². The maximum atomic E-state index is 9.24. The van der Waals surface area contributed by atoms with Crippen molar-refractivity contribution in [1.29, 1.82) is 5.26 Å². The predicted octanol–water partition coefficient (Wildman–Crippen LogP) is 2.58. The molecular formula is C14H11N5OS. The van der Waals surface area contributed by atoms with Crippen LogP contribution in [-0.2, 0) is 0 Å². The number of aromatic nitrogens is 4. The number of nitriles is 1. The van der Waals surface area contributed by atoms with E-state index in [0.29, 0.717) is 10.8 Å². The van der Waals surface area contributed by atoms with Gasteiger partial charge in [-0.05, 0) is 31.2 Å². The van der Waals surface area contributed by atoms with Gasteiger partial charge in [0, 0.05) is 10.9 Å². The minimum atomic E-state index is 0.271. The first-order chi connectivity index (χ1) is 10.2. The Kier molecular flexibility index (Phi) is 3.38. The van der Waals surface area contributed by atoms with Crippen LogP contribution in [0.5, 0.6) is 5.75 Å². The van der Waals surface area contributed by atoms with E-state index in [9.17, 15) is 5.26 Å². The maximum absolute atomic E-state index is 9.24. The van der Waals surface area contributed by atoms with Gasteiger partial charge in [0.15, 0.2) is 5.69 Å². The lowest BCUT2D eigenvalue weighted by atomic mass is 10.1. The topological polar surface area (TPSA) is 76.6 Å². The van der Waals surface area contributed by atoms with Crippen LogP contribution in [0.25, 0.3) is 16.4 Å². The number of methoxy groups -OCH3 is 1. The summed E-state index contributed by atoms with van der Waals surface area (Å²) in [6, 6.07) is 9.48. The highest BCUT2D eigenvalue weighted by atomic mass is 32.1. The Morgan fingerprint density at radius 1 is 1.29 bits per heavy atom. The lowest BCUT2D eigenvalue weighted by molar-refractivity contribution is 0.415. The number of rotatable bonds is 3. The van der Waals surface area contributed by atoms with Crippen LogP contribution in [0.2, 0.25) is 0 Å². The molecule has 0 radical (unpaired) electrons. The maximum Gasteiger partial charge on any atom is 0.212 e. The second kappa shape index (κ2) is 5.34. The van der Waals surface area contributed by atoms with Crippen LogP contribution in [0, 0.1) is 18.3 Å². The highest BCUT2D eigenvalue weighted by Crippen LogP contribution is 2.27. The smallest absolute Gasteiger partial charge is 0.212 e. The normalized spacial score (nSPS) is 10.3. The monoisotopic (exact) mass is 297 g/mol. The Morgan fingerprint density at radius 2 is 2.05 bits per heavy atom. The third-order valence-corrected chi connectivity index (χ3v) is 3.86. The van der Waals surface area contributed by atoms with E-state index in [1.807, 2.05) is 36.6 Å². The number of hydrogen-bond donors (Lipinski definition) is 0. The van der Waals surface area contributed by atoms with Gasteiger partial charge in [0.25, 0.3) is 0 Å². The lowest BCUT2D eigenvalue weighted by Gasteiger charge is -2.05. The lowest BCUT2D eigenvalue weighted by Crippen LogP contribution is -1.99. The fourth-order valence-corrected chi connectivity index (χ4v) is 2.69. The van der Waals surface area contributed by atoms with Gasteiger partial charge in [0.1, 0.15) is 17.5 Å². The highest BCUT2D eigenvalue weighted by Gasteiger charge is 2.18. The van der Waals surface area contributed by atoms with Crippen molar-refractivity contribution < 1.29 is 4.74 Å². The van der Waals surface area contributed by atoms with Crippen LogP contribution < -0.4 is 4.74 Å². The Balaban J connectivity index is 2.15. The Morgan fingerprint density at radius 3 is 2.62 bits per heavy atom. The third-order valence-electron chi connectivity index (χ3n) is 2.93. The molecule has 0 saturated carbocycles. The van der Waals surface area contributed by atoms with Crippen LogP contribution >= 0.6 is 11.3 Å². The van der Waals surface area contributed by atoms with Crippen LogP contribution in [0.15, 0.2) is 29.6 Å². The van der Waals surface area contributed by atoms with Crippen LogP contribution in [0.1, 0.15) is 11.4 Å². The highest BCUT2D eigenvalue weighted by molar-refractivity contribution is 7.12. The fourth-order valence-electron chi connectivity index (χ4n) is 1.94. The first-order valence-electron chi connectivity index (χ1n) is 6.15. The van der Waals surface area contributed by atoms with E-state index in [4.69, 9.17) is 4.74 Å². The molecule has 0 amide bonds. The molecule has 3 rings (SSSR count). The average Bonchev–Trinajstić information content (AvgIpc) is 3.13. The Bertz CT molecular complexity index is 813. The van der Waals surface area contributed by atoms with Gasteiger partial charge in [-0.3, -0.25) is 0 Å². The second-order valence-electron chi connectivity index (χ2n) is 4.31. The van der Waals surface area contributed by atoms with Crippen LogP contribution in [0.3, 0.4) is 0 Å². The molecule has 0 spiro atoms. The molecule has 0 aliphatic heterocycles. The van der Waals surface area contributed by atoms with Crippen molar-refractivity contribution in [2.75, 3.05) is 7.11 Å². The van der Waals surface area contributed by atoms with Gasteiger partial charge in [0.2, 0.25) is 5.13 Å². The Labute approximate surface area is 125 Å². The van der Waals surface area contributed by atoms with Gasteiger partial charge in [0.05, 0.1) is 12.8 Å². The number of hydrogen-bond acceptors (Lipinski definition) is 6. The molecular weight excluding hydrogens is 286 g/mol. The Hall–Kier alpha value is -2.72. The van der Waals surface area contributed by atoms with E-state index >= 15 is 0 Å². The first-order valence-corrected chi connectivity index (χ1v) is 7.03. The van der Waals surface area contributed by atoms with Crippen molar-refractivity contribution in [3.63, 3.8) is 0 Å². The summed E-state index contributed by atoms with van der Waals surface area (Å²) in [4.78, 5) is 4.39. The minimum absolute atomic E-state index is 0.271. The fraction of sp³-hybridized carbons (Fsp3) is 0.143. The molecule has 0 saturated heterocycles. The molecule has 7 heteroatoms. The van der Waals surface area contributed by atoms with Gasteiger partial charge < -0.3 is 4.74 Å². The summed E-state index contributed by atoms with van der Waals surface area (Å²) in [5.41, 5.74) is 2.65. The molecule has 2 heterocycles. The number of aryl methyl sites for hydroxylation is 1. The molecule has 2 aromatic heterocycles. The number of ether oxygens (including phenoxy) is 1. The molecule has 0 aliphatic rings. The van der Waals surface area contributed by atoms with Crippen molar-refractivity contribution in [2.24, 2.45) is 0 Å². The van der Waals surface area contributed by atoms with E-state index in [1.54, 1.807) is 11.8 Å². The molecule has 104 valence electrons. The van der Waals surface area contributed by atoms with Gasteiger partial charge in [-0.25, -0.2) is 4.98 Å². The molecule has 0 aliphatic carbocycles. The summed E-state index contributed by atoms with van der Waals surface area (Å²) in [5, 5.41) is 19.8. The zero-order valence-corrected chi connectivity index (χ0v) is 12.3. The number of nitrogens with zero attached hydrogens (tertiary/aromatic N) is 5. The van der Waals surface area contributed by atoms with Crippen molar-refractivity contribution in [3.05, 3.63) is 41.0 Å². The summed E-state index contributed by atoms with van der Waals surface area (Å²) in [6.45, 7) is 1.91. The van der Waals surface area contributed by atoms with Crippen molar-refractivity contribution >= 4 is 11.3 Å². The molecule has 0 atom stereocenters. The van der Waals surface area contributed by atoms with Gasteiger partial charge in [-0.1, -0.05) is 5.21 Å². The quantitative estimate of drug-likeness (QED) is 0.742. The van der Waals surface area contributed by atoms with Gasteiger partial charge >= 0.3 is 0 Å². The van der Waals surface area contributed by atoms with E-state index in [-0.39, 0.29) is 5.69 Å². The van der Waals surface area contributed by atoms with Crippen molar-refractivity contribution in [2.45, 2.75) is 6.92 Å². The molecule has 21 heavy (non-hydrogen) atoms. The SMILES string of the molecule is COc1ccc(-c2c(C#N)nnn2-c2nc(C)cs2)cc1. The average molecular weight is 297 g/mol. The molecule has 0 fully saturated rings. The van der Waals surface area contributed by atoms with Crippen LogP contribution in [-0.4, -0.2) is 27.1 Å². The zero-order chi connectivity index (χ0) is 14.8. The molecule has 0 unspecified atom stereocenters. The third kappa shape index (κ3) is 2.37. The van der Waals surface area contributed by atoms with E-state index in [1.165, 1.54) is 11.3 Å². The first kappa shape index (κ1) is 13.3. The summed E-state index contributed by atoms with van der Waals surface area (Å²) in [6.07, 6.45) is 0. The zero-order valence-electron chi connectivity index (χ0n) is 11.4. The second-order valence-corrected chi connectivity index (χ2v) is 5.15. The van der Waals surface area contributed by atoms with E-state index in [0.717, 1.165) is 17.0 Å². The molecule has 6 nitrogen and oxygen atoms in total. The molecule has 0 N–H and O–H groups in total. The van der Waals surface area contributed by atoms with Gasteiger partial charge in [-0.2, -0.15) is 9.94 Å². The molecule has 3 aromatic rings. The van der Waals surface area contributed by atoms with E-state index in [2.05, 4.69) is 21.4 Å². The number of thiazole rings is 1. The summed E-state index contributed by atoms with van der Waals surface area (Å²) in [7, 11) is 1.61. The molecule has 0 bridgehead atoms. The van der Waals surface area contributed by atoms with Crippen LogP contribution in [0.4, 0.5) is 0 Å². The predicted molar refractivity (Wildman–Crippen MR) is 78.5 cm³/mol.